The number of hydrogen-bond donors (Lipinski definition) is 2. The number of hydrogen-bond acceptors (Lipinski definition) is 5. The molecule has 0 saturated carbocycles. The van der Waals surface area contributed by atoms with Crippen molar-refractivity contribution in [3.05, 3.63) is 34.1 Å². The van der Waals surface area contributed by atoms with E-state index in [9.17, 15) is 14.9 Å². The molecule has 0 radical (unpaired) electrons. The number of aliphatic carboxylic acids is 1. The van der Waals surface area contributed by atoms with E-state index in [1.54, 1.807) is 0 Å². The van der Waals surface area contributed by atoms with Gasteiger partial charge in [0.15, 0.2) is 0 Å². The molecule has 7 nitrogen and oxygen atoms in total. The van der Waals surface area contributed by atoms with Crippen LogP contribution >= 0.6 is 0 Å². The SMILES string of the molecule is NC(CCC(=O)O)c1ccc([N+](=O)[O-])cn1. The first-order valence-electron chi connectivity index (χ1n) is 4.58. The van der Waals surface area contributed by atoms with Gasteiger partial charge in [0.2, 0.25) is 0 Å². The molecule has 1 unspecified atom stereocenters. The molecule has 7 heteroatoms. The molecule has 0 aliphatic rings. The standard InChI is InChI=1S/C9H11N3O4/c10-7(2-4-9(13)14)8-3-1-6(5-11-8)12(15)16/h1,3,5,7H,2,4,10H2,(H,13,14). The van der Waals surface area contributed by atoms with Gasteiger partial charge < -0.3 is 10.8 Å². The zero-order chi connectivity index (χ0) is 12.1. The molecule has 0 saturated heterocycles. The highest BCUT2D eigenvalue weighted by Crippen LogP contribution is 2.16. The predicted molar refractivity (Wildman–Crippen MR) is 54.7 cm³/mol. The number of carboxylic acids is 1. The lowest BCUT2D eigenvalue weighted by molar-refractivity contribution is -0.385. The molecule has 0 bridgehead atoms. The van der Waals surface area contributed by atoms with Gasteiger partial charge in [0, 0.05) is 18.5 Å². The minimum absolute atomic E-state index is 0.0557. The Morgan fingerprint density at radius 3 is 2.75 bits per heavy atom. The molecular formula is C9H11N3O4. The maximum atomic E-state index is 10.4. The average molecular weight is 225 g/mol. The number of nitrogens with zero attached hydrogens (tertiary/aromatic N) is 2. The van der Waals surface area contributed by atoms with Crippen LogP contribution in [0.25, 0.3) is 0 Å². The lowest BCUT2D eigenvalue weighted by Gasteiger charge is -2.08. The second-order valence-electron chi connectivity index (χ2n) is 3.24. The molecule has 0 aliphatic heterocycles. The minimum Gasteiger partial charge on any atom is -0.481 e. The highest BCUT2D eigenvalue weighted by atomic mass is 16.6. The van der Waals surface area contributed by atoms with E-state index >= 15 is 0 Å². The van der Waals surface area contributed by atoms with Gasteiger partial charge in [-0.3, -0.25) is 19.9 Å². The summed E-state index contributed by atoms with van der Waals surface area (Å²) in [5, 5.41) is 18.8. The molecule has 1 aromatic heterocycles. The molecule has 1 atom stereocenters. The van der Waals surface area contributed by atoms with Gasteiger partial charge in [0.25, 0.3) is 5.69 Å². The van der Waals surface area contributed by atoms with E-state index in [1.165, 1.54) is 12.1 Å². The van der Waals surface area contributed by atoms with Gasteiger partial charge in [-0.15, -0.1) is 0 Å². The molecule has 1 rings (SSSR count). The third-order valence-corrected chi connectivity index (χ3v) is 2.03. The third kappa shape index (κ3) is 3.28. The number of carbonyl (C=O) groups is 1. The van der Waals surface area contributed by atoms with Crippen molar-refractivity contribution in [3.63, 3.8) is 0 Å². The first-order chi connectivity index (χ1) is 7.50. The summed E-state index contributed by atoms with van der Waals surface area (Å²) in [6, 6.07) is 2.21. The van der Waals surface area contributed by atoms with Crippen LogP contribution in [-0.4, -0.2) is 21.0 Å². The smallest absolute Gasteiger partial charge is 0.303 e. The van der Waals surface area contributed by atoms with Crippen LogP contribution in [-0.2, 0) is 4.79 Å². The van der Waals surface area contributed by atoms with Gasteiger partial charge in [-0.1, -0.05) is 0 Å². The lowest BCUT2D eigenvalue weighted by Crippen LogP contribution is -2.13. The number of rotatable bonds is 5. The highest BCUT2D eigenvalue weighted by molar-refractivity contribution is 5.66. The Kier molecular flexibility index (Phi) is 3.90. The van der Waals surface area contributed by atoms with Gasteiger partial charge in [0.05, 0.1) is 10.6 Å². The predicted octanol–water partition coefficient (Wildman–Crippen LogP) is 0.854. The van der Waals surface area contributed by atoms with Crippen molar-refractivity contribution in [1.29, 1.82) is 0 Å². The van der Waals surface area contributed by atoms with Gasteiger partial charge in [-0.05, 0) is 12.5 Å². The zero-order valence-corrected chi connectivity index (χ0v) is 8.37. The Morgan fingerprint density at radius 2 is 2.31 bits per heavy atom. The normalized spacial score (nSPS) is 12.1. The van der Waals surface area contributed by atoms with Crippen molar-refractivity contribution < 1.29 is 14.8 Å². The fourth-order valence-corrected chi connectivity index (χ4v) is 1.15. The van der Waals surface area contributed by atoms with Crippen molar-refractivity contribution in [2.45, 2.75) is 18.9 Å². The third-order valence-electron chi connectivity index (χ3n) is 2.03. The van der Waals surface area contributed by atoms with Gasteiger partial charge in [0.1, 0.15) is 6.20 Å². The molecular weight excluding hydrogens is 214 g/mol. The monoisotopic (exact) mass is 225 g/mol. The van der Waals surface area contributed by atoms with Crippen LogP contribution in [0.2, 0.25) is 0 Å². The number of carboxylic acid groups (broad SMARTS) is 1. The summed E-state index contributed by atoms with van der Waals surface area (Å²) in [6.45, 7) is 0. The summed E-state index contributed by atoms with van der Waals surface area (Å²) in [4.78, 5) is 23.9. The topological polar surface area (TPSA) is 119 Å². The summed E-state index contributed by atoms with van der Waals surface area (Å²) >= 11 is 0. The quantitative estimate of drug-likeness (QED) is 0.566. The van der Waals surface area contributed by atoms with Crippen molar-refractivity contribution in [1.82, 2.24) is 4.98 Å². The van der Waals surface area contributed by atoms with Crippen molar-refractivity contribution in [2.75, 3.05) is 0 Å². The maximum Gasteiger partial charge on any atom is 0.303 e. The number of nitrogens with two attached hydrogens (primary N) is 1. The number of aromatic nitrogens is 1. The largest absolute Gasteiger partial charge is 0.481 e. The maximum absolute atomic E-state index is 10.4. The highest BCUT2D eigenvalue weighted by Gasteiger charge is 2.12. The summed E-state index contributed by atoms with van der Waals surface area (Å²) in [7, 11) is 0. The van der Waals surface area contributed by atoms with E-state index in [-0.39, 0.29) is 18.5 Å². The fraction of sp³-hybridized carbons (Fsp3) is 0.333. The first-order valence-corrected chi connectivity index (χ1v) is 4.58. The number of pyridine rings is 1. The summed E-state index contributed by atoms with van der Waals surface area (Å²) in [5.74, 6) is -0.933. The van der Waals surface area contributed by atoms with Crippen molar-refractivity contribution in [3.8, 4) is 0 Å². The fourth-order valence-electron chi connectivity index (χ4n) is 1.15. The Hall–Kier alpha value is -2.02. The Morgan fingerprint density at radius 1 is 1.62 bits per heavy atom. The van der Waals surface area contributed by atoms with Crippen LogP contribution in [0.5, 0.6) is 0 Å². The van der Waals surface area contributed by atoms with E-state index in [1.807, 2.05) is 0 Å². The van der Waals surface area contributed by atoms with Crippen LogP contribution in [0.1, 0.15) is 24.6 Å². The van der Waals surface area contributed by atoms with Crippen molar-refractivity contribution >= 4 is 11.7 Å². The second-order valence-corrected chi connectivity index (χ2v) is 3.24. The van der Waals surface area contributed by atoms with Crippen LogP contribution in [0.4, 0.5) is 5.69 Å². The van der Waals surface area contributed by atoms with E-state index < -0.39 is 16.9 Å². The van der Waals surface area contributed by atoms with Crippen LogP contribution < -0.4 is 5.73 Å². The molecule has 3 N–H and O–H groups in total. The van der Waals surface area contributed by atoms with Gasteiger partial charge >= 0.3 is 5.97 Å². The molecule has 86 valence electrons. The second kappa shape index (κ2) is 5.17. The molecule has 1 heterocycles. The molecule has 0 amide bonds. The molecule has 0 fully saturated rings. The van der Waals surface area contributed by atoms with E-state index in [0.717, 1.165) is 6.20 Å². The summed E-state index contributed by atoms with van der Waals surface area (Å²) in [6.07, 6.45) is 1.30. The molecule has 0 aromatic carbocycles. The summed E-state index contributed by atoms with van der Waals surface area (Å²) < 4.78 is 0. The molecule has 0 spiro atoms. The van der Waals surface area contributed by atoms with E-state index in [4.69, 9.17) is 10.8 Å². The van der Waals surface area contributed by atoms with E-state index in [2.05, 4.69) is 4.98 Å². The lowest BCUT2D eigenvalue weighted by atomic mass is 10.1. The first kappa shape index (κ1) is 12.1. The van der Waals surface area contributed by atoms with Gasteiger partial charge in [-0.2, -0.15) is 0 Å². The number of nitro groups is 1. The Bertz CT molecular complexity index is 390. The minimum atomic E-state index is -0.933. The average Bonchev–Trinajstić information content (AvgIpc) is 2.26. The van der Waals surface area contributed by atoms with Crippen LogP contribution in [0, 0.1) is 10.1 Å². The molecule has 0 aliphatic carbocycles. The van der Waals surface area contributed by atoms with E-state index in [0.29, 0.717) is 5.69 Å². The van der Waals surface area contributed by atoms with Crippen LogP contribution in [0.3, 0.4) is 0 Å². The Labute approximate surface area is 91.1 Å². The summed E-state index contributed by atoms with van der Waals surface area (Å²) in [5.41, 5.74) is 6.01. The van der Waals surface area contributed by atoms with Crippen molar-refractivity contribution in [2.24, 2.45) is 5.73 Å². The zero-order valence-electron chi connectivity index (χ0n) is 8.37. The van der Waals surface area contributed by atoms with Gasteiger partial charge in [-0.25, -0.2) is 0 Å². The van der Waals surface area contributed by atoms with Crippen LogP contribution in [0.15, 0.2) is 18.3 Å². The molecule has 1 aromatic rings. The molecule has 16 heavy (non-hydrogen) atoms. The Balaban J connectivity index is 2.66.